The van der Waals surface area contributed by atoms with E-state index in [1.165, 1.54) is 12.1 Å². The molecule has 5 rings (SSSR count). The van der Waals surface area contributed by atoms with Crippen LogP contribution in [-0.2, 0) is 12.6 Å². The minimum Gasteiger partial charge on any atom is -0.494 e. The van der Waals surface area contributed by atoms with Crippen molar-refractivity contribution in [3.63, 3.8) is 0 Å². The third-order valence-corrected chi connectivity index (χ3v) is 8.09. The van der Waals surface area contributed by atoms with E-state index in [2.05, 4.69) is 13.8 Å². The van der Waals surface area contributed by atoms with Gasteiger partial charge in [-0.05, 0) is 79.0 Å². The van der Waals surface area contributed by atoms with Gasteiger partial charge in [0.1, 0.15) is 5.75 Å². The molecule has 3 aromatic rings. The molecular weight excluding hydrogens is 506 g/mol. The topological polar surface area (TPSA) is 42.4 Å². The monoisotopic (exact) mass is 541 g/mol. The fourth-order valence-corrected chi connectivity index (χ4v) is 6.30. The zero-order chi connectivity index (χ0) is 27.9. The van der Waals surface area contributed by atoms with E-state index in [1.54, 1.807) is 0 Å². The van der Waals surface area contributed by atoms with Crippen molar-refractivity contribution in [1.82, 2.24) is 4.98 Å². The lowest BCUT2D eigenvalue weighted by Gasteiger charge is -2.37. The molecule has 1 heterocycles. The predicted molar refractivity (Wildman–Crippen MR) is 144 cm³/mol. The quantitative estimate of drug-likeness (QED) is 0.317. The Morgan fingerprint density at radius 3 is 2.26 bits per heavy atom. The first-order valence-electron chi connectivity index (χ1n) is 13.8. The van der Waals surface area contributed by atoms with Crippen molar-refractivity contribution in [2.24, 2.45) is 5.41 Å². The van der Waals surface area contributed by atoms with Gasteiger partial charge >= 0.3 is 6.18 Å². The van der Waals surface area contributed by atoms with Crippen molar-refractivity contribution in [2.45, 2.75) is 83.7 Å². The summed E-state index contributed by atoms with van der Waals surface area (Å²) < 4.78 is 62.1. The molecule has 39 heavy (non-hydrogen) atoms. The van der Waals surface area contributed by atoms with E-state index >= 15 is 4.39 Å². The number of pyridine rings is 1. The molecule has 0 amide bonds. The van der Waals surface area contributed by atoms with Crippen molar-refractivity contribution in [2.75, 3.05) is 6.61 Å². The summed E-state index contributed by atoms with van der Waals surface area (Å²) in [6.45, 7) is 6.60. The molecule has 2 atom stereocenters. The minimum atomic E-state index is -4.50. The molecule has 208 valence electrons. The Bertz CT molecular complexity index is 1310. The first-order valence-corrected chi connectivity index (χ1v) is 13.8. The number of ether oxygens (including phenoxy) is 1. The summed E-state index contributed by atoms with van der Waals surface area (Å²) in [4.78, 5) is 5.07. The Labute approximate surface area is 227 Å². The molecule has 0 unspecified atom stereocenters. The standard InChI is InChI=1S/C32H35F4NO2/c1-4-39-23-15-11-19(12-16-23)26-27-24(17-31(2,3)18-25(27)38)37-30(21-7-5-6-8-21)28(26)29(33)20-9-13-22(14-10-20)32(34,35)36/h9-16,21,25,29,38H,4-8,17-18H2,1-3H3/t25-,29-/m0/s1. The van der Waals surface area contributed by atoms with Gasteiger partial charge in [0.15, 0.2) is 6.17 Å². The first kappa shape index (κ1) is 27.6. The summed E-state index contributed by atoms with van der Waals surface area (Å²) in [6.07, 6.45) is -2.08. The number of hydrogen-bond acceptors (Lipinski definition) is 3. The van der Waals surface area contributed by atoms with Gasteiger partial charge in [-0.2, -0.15) is 13.2 Å². The fourth-order valence-electron chi connectivity index (χ4n) is 6.30. The molecule has 0 saturated heterocycles. The molecule has 0 radical (unpaired) electrons. The smallest absolute Gasteiger partial charge is 0.416 e. The maximum Gasteiger partial charge on any atom is 0.416 e. The highest BCUT2D eigenvalue weighted by Gasteiger charge is 2.39. The van der Waals surface area contributed by atoms with Gasteiger partial charge < -0.3 is 9.84 Å². The highest BCUT2D eigenvalue weighted by molar-refractivity contribution is 5.75. The van der Waals surface area contributed by atoms with Crippen LogP contribution in [-0.4, -0.2) is 16.7 Å². The van der Waals surface area contributed by atoms with Crippen LogP contribution in [0, 0.1) is 5.41 Å². The van der Waals surface area contributed by atoms with Crippen LogP contribution in [0.5, 0.6) is 5.75 Å². The van der Waals surface area contributed by atoms with Gasteiger partial charge in [-0.1, -0.05) is 51.0 Å². The third-order valence-electron chi connectivity index (χ3n) is 8.09. The van der Waals surface area contributed by atoms with Crippen LogP contribution in [0.4, 0.5) is 17.6 Å². The number of aromatic nitrogens is 1. The van der Waals surface area contributed by atoms with Crippen LogP contribution in [0.1, 0.15) is 105 Å². The Balaban J connectivity index is 1.75. The van der Waals surface area contributed by atoms with Crippen LogP contribution in [0.25, 0.3) is 11.1 Å². The maximum absolute atomic E-state index is 16.8. The average Bonchev–Trinajstić information content (AvgIpc) is 3.42. The average molecular weight is 542 g/mol. The second-order valence-electron chi connectivity index (χ2n) is 11.6. The van der Waals surface area contributed by atoms with E-state index in [9.17, 15) is 18.3 Å². The summed E-state index contributed by atoms with van der Waals surface area (Å²) in [5.41, 5.74) is 2.95. The molecule has 1 aromatic heterocycles. The van der Waals surface area contributed by atoms with Crippen molar-refractivity contribution >= 4 is 0 Å². The lowest BCUT2D eigenvalue weighted by Crippen LogP contribution is -2.29. The van der Waals surface area contributed by atoms with E-state index in [-0.39, 0.29) is 16.9 Å². The van der Waals surface area contributed by atoms with E-state index in [0.717, 1.165) is 49.1 Å². The molecule has 1 fully saturated rings. The number of hydrogen-bond donors (Lipinski definition) is 1. The van der Waals surface area contributed by atoms with Crippen LogP contribution >= 0.6 is 0 Å². The molecule has 0 spiro atoms. The van der Waals surface area contributed by atoms with Gasteiger partial charge in [-0.15, -0.1) is 0 Å². The molecule has 2 aliphatic carbocycles. The van der Waals surface area contributed by atoms with E-state index in [1.807, 2.05) is 31.2 Å². The summed E-state index contributed by atoms with van der Waals surface area (Å²) in [7, 11) is 0. The molecule has 2 aromatic carbocycles. The van der Waals surface area contributed by atoms with Crippen LogP contribution < -0.4 is 4.74 Å². The Morgan fingerprint density at radius 2 is 1.67 bits per heavy atom. The number of nitrogens with zero attached hydrogens (tertiary/aromatic N) is 1. The van der Waals surface area contributed by atoms with Crippen molar-refractivity contribution in [3.05, 3.63) is 82.2 Å². The van der Waals surface area contributed by atoms with Gasteiger partial charge in [0, 0.05) is 22.7 Å². The summed E-state index contributed by atoms with van der Waals surface area (Å²) >= 11 is 0. The number of halogens is 4. The summed E-state index contributed by atoms with van der Waals surface area (Å²) in [5.74, 6) is 0.740. The minimum absolute atomic E-state index is 0.0571. The number of fused-ring (bicyclic) bond motifs is 1. The zero-order valence-electron chi connectivity index (χ0n) is 22.6. The second kappa shape index (κ2) is 10.6. The van der Waals surface area contributed by atoms with E-state index in [0.29, 0.717) is 47.6 Å². The lowest BCUT2D eigenvalue weighted by atomic mass is 9.71. The molecule has 1 saturated carbocycles. The highest BCUT2D eigenvalue weighted by atomic mass is 19.4. The molecule has 2 aliphatic rings. The number of alkyl halides is 4. The number of aliphatic hydroxyl groups excluding tert-OH is 1. The molecule has 7 heteroatoms. The molecule has 0 aliphatic heterocycles. The van der Waals surface area contributed by atoms with E-state index < -0.39 is 24.0 Å². The SMILES string of the molecule is CCOc1ccc(-c2c([C@@H](F)c3ccc(C(F)(F)F)cc3)c(C3CCCC3)nc3c2[C@@H](O)CC(C)(C)C3)cc1. The summed E-state index contributed by atoms with van der Waals surface area (Å²) in [6, 6.07) is 11.7. The van der Waals surface area contributed by atoms with Crippen LogP contribution in [0.2, 0.25) is 0 Å². The number of aliphatic hydroxyl groups is 1. The Hall–Kier alpha value is -2.93. The van der Waals surface area contributed by atoms with Gasteiger partial charge in [-0.3, -0.25) is 4.98 Å². The summed E-state index contributed by atoms with van der Waals surface area (Å²) in [5, 5.41) is 11.4. The number of rotatable bonds is 6. The Morgan fingerprint density at radius 1 is 1.03 bits per heavy atom. The van der Waals surface area contributed by atoms with Gasteiger partial charge in [0.05, 0.1) is 24.0 Å². The van der Waals surface area contributed by atoms with Crippen molar-refractivity contribution in [1.29, 1.82) is 0 Å². The largest absolute Gasteiger partial charge is 0.494 e. The normalized spacial score (nSPS) is 20.1. The highest BCUT2D eigenvalue weighted by Crippen LogP contribution is 2.51. The van der Waals surface area contributed by atoms with Crippen molar-refractivity contribution in [3.8, 4) is 16.9 Å². The predicted octanol–water partition coefficient (Wildman–Crippen LogP) is 8.89. The third kappa shape index (κ3) is 5.56. The van der Waals surface area contributed by atoms with Crippen molar-refractivity contribution < 1.29 is 27.4 Å². The number of benzene rings is 2. The molecule has 3 nitrogen and oxygen atoms in total. The van der Waals surface area contributed by atoms with Gasteiger partial charge in [-0.25, -0.2) is 4.39 Å². The molecule has 1 N–H and O–H groups in total. The van der Waals surface area contributed by atoms with Gasteiger partial charge in [0.2, 0.25) is 0 Å². The van der Waals surface area contributed by atoms with E-state index in [4.69, 9.17) is 9.72 Å². The zero-order valence-corrected chi connectivity index (χ0v) is 22.6. The molecular formula is C32H35F4NO2. The van der Waals surface area contributed by atoms with Crippen LogP contribution in [0.15, 0.2) is 48.5 Å². The maximum atomic E-state index is 16.8. The first-order chi connectivity index (χ1) is 18.5. The molecule has 0 bridgehead atoms. The second-order valence-corrected chi connectivity index (χ2v) is 11.6. The van der Waals surface area contributed by atoms with Crippen LogP contribution in [0.3, 0.4) is 0 Å². The van der Waals surface area contributed by atoms with Gasteiger partial charge in [0.25, 0.3) is 0 Å². The fraction of sp³-hybridized carbons (Fsp3) is 0.469. The lowest BCUT2D eigenvalue weighted by molar-refractivity contribution is -0.137. The Kier molecular flexibility index (Phi) is 7.49.